The van der Waals surface area contributed by atoms with Crippen molar-refractivity contribution in [2.75, 3.05) is 0 Å². The van der Waals surface area contributed by atoms with Crippen LogP contribution in [-0.4, -0.2) is 5.78 Å². The van der Waals surface area contributed by atoms with Crippen molar-refractivity contribution in [2.45, 2.75) is 65.2 Å². The molecule has 0 N–H and O–H groups in total. The van der Waals surface area contributed by atoms with Crippen LogP contribution in [0.3, 0.4) is 0 Å². The number of ketones is 1. The number of carbonyl (C=O) groups excluding carboxylic acids is 1. The summed E-state index contributed by atoms with van der Waals surface area (Å²) >= 11 is 0. The summed E-state index contributed by atoms with van der Waals surface area (Å²) in [4.78, 5) is 12.3. The Morgan fingerprint density at radius 3 is 2.74 bits per heavy atom. The number of benzene rings is 1. The van der Waals surface area contributed by atoms with Gasteiger partial charge in [0, 0.05) is 12.3 Å². The Morgan fingerprint density at radius 1 is 1.21 bits per heavy atom. The molecule has 0 bridgehead atoms. The van der Waals surface area contributed by atoms with E-state index in [-0.39, 0.29) is 5.92 Å². The van der Waals surface area contributed by atoms with Gasteiger partial charge in [-0.25, -0.2) is 0 Å². The highest BCUT2D eigenvalue weighted by atomic mass is 16.1. The number of hydrogen-bond donors (Lipinski definition) is 0. The number of aryl methyl sites for hydroxylation is 2. The molecule has 0 saturated carbocycles. The van der Waals surface area contributed by atoms with Crippen molar-refractivity contribution < 1.29 is 4.79 Å². The molecule has 0 aliphatic heterocycles. The summed E-state index contributed by atoms with van der Waals surface area (Å²) in [5.74, 6) is 0.710. The van der Waals surface area contributed by atoms with Crippen molar-refractivity contribution in [1.29, 1.82) is 0 Å². The lowest BCUT2D eigenvalue weighted by atomic mass is 9.90. The third kappa shape index (κ3) is 3.68. The average Bonchev–Trinajstić information content (AvgIpc) is 2.87. The minimum absolute atomic E-state index is 0.271. The van der Waals surface area contributed by atoms with Crippen LogP contribution in [0.15, 0.2) is 18.2 Å². The summed E-state index contributed by atoms with van der Waals surface area (Å²) in [6.07, 6.45) is 8.75. The van der Waals surface area contributed by atoms with Crippen LogP contribution in [0.25, 0.3) is 0 Å². The third-order valence-corrected chi connectivity index (χ3v) is 4.40. The van der Waals surface area contributed by atoms with Crippen LogP contribution in [-0.2, 0) is 24.1 Å². The van der Waals surface area contributed by atoms with Gasteiger partial charge in [-0.2, -0.15) is 0 Å². The fraction of sp³-hybridized carbons (Fsp3) is 0.611. The van der Waals surface area contributed by atoms with E-state index in [1.54, 1.807) is 0 Å². The van der Waals surface area contributed by atoms with E-state index in [0.29, 0.717) is 12.2 Å². The predicted octanol–water partition coefficient (Wildman–Crippen LogP) is 4.50. The maximum atomic E-state index is 12.3. The van der Waals surface area contributed by atoms with Gasteiger partial charge in [0.2, 0.25) is 0 Å². The predicted molar refractivity (Wildman–Crippen MR) is 80.5 cm³/mol. The molecule has 1 aliphatic rings. The summed E-state index contributed by atoms with van der Waals surface area (Å²) in [5.41, 5.74) is 4.20. The minimum Gasteiger partial charge on any atom is -0.299 e. The van der Waals surface area contributed by atoms with Gasteiger partial charge >= 0.3 is 0 Å². The van der Waals surface area contributed by atoms with Gasteiger partial charge in [-0.15, -0.1) is 0 Å². The summed E-state index contributed by atoms with van der Waals surface area (Å²) in [6, 6.07) is 6.67. The zero-order chi connectivity index (χ0) is 13.7. The molecule has 104 valence electrons. The Hall–Kier alpha value is -1.11. The Morgan fingerprint density at radius 2 is 2.00 bits per heavy atom. The van der Waals surface area contributed by atoms with Gasteiger partial charge in [0.05, 0.1) is 0 Å². The molecule has 1 atom stereocenters. The van der Waals surface area contributed by atoms with E-state index in [2.05, 4.69) is 32.0 Å². The molecule has 1 aromatic carbocycles. The number of fused-ring (bicyclic) bond motifs is 1. The van der Waals surface area contributed by atoms with Crippen LogP contribution >= 0.6 is 0 Å². The second kappa shape index (κ2) is 6.88. The largest absolute Gasteiger partial charge is 0.299 e. The number of unbranched alkanes of at least 4 members (excludes halogenated alkanes) is 1. The molecular weight excluding hydrogens is 232 g/mol. The van der Waals surface area contributed by atoms with Crippen molar-refractivity contribution >= 4 is 5.78 Å². The molecule has 0 spiro atoms. The Bertz CT molecular complexity index is 433. The Labute approximate surface area is 117 Å². The normalized spacial score (nSPS) is 15.3. The molecule has 1 heteroatoms. The van der Waals surface area contributed by atoms with Crippen LogP contribution in [0.4, 0.5) is 0 Å². The first-order valence-corrected chi connectivity index (χ1v) is 7.88. The van der Waals surface area contributed by atoms with E-state index in [1.165, 1.54) is 48.8 Å². The topological polar surface area (TPSA) is 17.1 Å². The van der Waals surface area contributed by atoms with E-state index >= 15 is 0 Å². The Balaban J connectivity index is 1.97. The zero-order valence-corrected chi connectivity index (χ0v) is 12.4. The number of hydrogen-bond acceptors (Lipinski definition) is 1. The number of rotatable bonds is 7. The van der Waals surface area contributed by atoms with Gasteiger partial charge in [0.25, 0.3) is 0 Å². The fourth-order valence-corrected chi connectivity index (χ4v) is 3.12. The summed E-state index contributed by atoms with van der Waals surface area (Å²) < 4.78 is 0. The highest BCUT2D eigenvalue weighted by Gasteiger charge is 2.17. The van der Waals surface area contributed by atoms with Crippen molar-refractivity contribution in [2.24, 2.45) is 5.92 Å². The average molecular weight is 258 g/mol. The van der Waals surface area contributed by atoms with Gasteiger partial charge in [-0.3, -0.25) is 4.79 Å². The summed E-state index contributed by atoms with van der Waals surface area (Å²) in [5, 5.41) is 0. The van der Waals surface area contributed by atoms with Crippen LogP contribution in [0.1, 0.15) is 62.6 Å². The molecule has 0 radical (unpaired) electrons. The molecule has 0 fully saturated rings. The van der Waals surface area contributed by atoms with Crippen LogP contribution < -0.4 is 0 Å². The molecule has 1 aliphatic carbocycles. The molecule has 1 unspecified atom stereocenters. The number of carbonyl (C=O) groups is 1. The summed E-state index contributed by atoms with van der Waals surface area (Å²) in [6.45, 7) is 4.33. The first-order valence-electron chi connectivity index (χ1n) is 7.88. The van der Waals surface area contributed by atoms with E-state index < -0.39 is 0 Å². The van der Waals surface area contributed by atoms with Crippen LogP contribution in [0.5, 0.6) is 0 Å². The van der Waals surface area contributed by atoms with Gasteiger partial charge in [-0.05, 0) is 48.8 Å². The molecule has 1 nitrogen and oxygen atoms in total. The van der Waals surface area contributed by atoms with E-state index in [9.17, 15) is 4.79 Å². The molecular formula is C18H26O. The molecule has 0 amide bonds. The lowest BCUT2D eigenvalue weighted by molar-refractivity contribution is -0.122. The van der Waals surface area contributed by atoms with Gasteiger partial charge in [-0.1, -0.05) is 44.9 Å². The molecule has 1 aromatic rings. The lowest BCUT2D eigenvalue weighted by Gasteiger charge is -2.13. The SMILES string of the molecule is CCCCC(CC)C(=O)Cc1ccc2c(c1)CCC2. The number of Topliss-reactive ketones (excluding diaryl/α,β-unsaturated/α-hetero) is 1. The minimum atomic E-state index is 0.271. The first-order chi connectivity index (χ1) is 9.24. The molecule has 0 heterocycles. The monoisotopic (exact) mass is 258 g/mol. The van der Waals surface area contributed by atoms with E-state index in [1.807, 2.05) is 0 Å². The van der Waals surface area contributed by atoms with E-state index in [0.717, 1.165) is 12.8 Å². The highest BCUT2D eigenvalue weighted by molar-refractivity contribution is 5.83. The molecule has 0 aromatic heterocycles. The molecule has 0 saturated heterocycles. The van der Waals surface area contributed by atoms with Gasteiger partial charge in [0.15, 0.2) is 0 Å². The second-order valence-electron chi connectivity index (χ2n) is 5.85. The van der Waals surface area contributed by atoms with Crippen molar-refractivity contribution in [3.8, 4) is 0 Å². The highest BCUT2D eigenvalue weighted by Crippen LogP contribution is 2.24. The first kappa shape index (κ1) is 14.3. The van der Waals surface area contributed by atoms with Crippen LogP contribution in [0, 0.1) is 5.92 Å². The smallest absolute Gasteiger partial charge is 0.140 e. The van der Waals surface area contributed by atoms with Gasteiger partial charge < -0.3 is 0 Å². The maximum absolute atomic E-state index is 12.3. The quantitative estimate of drug-likeness (QED) is 0.703. The van der Waals surface area contributed by atoms with Crippen molar-refractivity contribution in [3.63, 3.8) is 0 Å². The standard InChI is InChI=1S/C18H26O/c1-3-5-7-15(4-2)18(19)13-14-10-11-16-8-6-9-17(16)12-14/h10-12,15H,3-9,13H2,1-2H3. The lowest BCUT2D eigenvalue weighted by Crippen LogP contribution is -2.16. The third-order valence-electron chi connectivity index (χ3n) is 4.40. The maximum Gasteiger partial charge on any atom is 0.140 e. The second-order valence-corrected chi connectivity index (χ2v) is 5.85. The Kier molecular flexibility index (Phi) is 5.18. The summed E-state index contributed by atoms with van der Waals surface area (Å²) in [7, 11) is 0. The van der Waals surface area contributed by atoms with Gasteiger partial charge in [0.1, 0.15) is 5.78 Å². The van der Waals surface area contributed by atoms with Crippen LogP contribution in [0.2, 0.25) is 0 Å². The molecule has 2 rings (SSSR count). The van der Waals surface area contributed by atoms with E-state index in [4.69, 9.17) is 0 Å². The van der Waals surface area contributed by atoms with Crippen molar-refractivity contribution in [3.05, 3.63) is 34.9 Å². The van der Waals surface area contributed by atoms with Crippen molar-refractivity contribution in [1.82, 2.24) is 0 Å². The molecule has 19 heavy (non-hydrogen) atoms. The zero-order valence-electron chi connectivity index (χ0n) is 12.4. The fourth-order valence-electron chi connectivity index (χ4n) is 3.12.